The minimum atomic E-state index is -0.196. The van der Waals surface area contributed by atoms with Crippen LogP contribution in [0.5, 0.6) is 0 Å². The summed E-state index contributed by atoms with van der Waals surface area (Å²) in [5.41, 5.74) is 3.41. The summed E-state index contributed by atoms with van der Waals surface area (Å²) in [7, 11) is 0. The van der Waals surface area contributed by atoms with Crippen LogP contribution in [0.15, 0.2) is 48.5 Å². The van der Waals surface area contributed by atoms with Crippen LogP contribution in [-0.2, 0) is 0 Å². The monoisotopic (exact) mass is 396 g/mol. The number of hydrogen-bond donors (Lipinski definition) is 1. The van der Waals surface area contributed by atoms with Crippen LogP contribution in [0.3, 0.4) is 0 Å². The average Bonchev–Trinajstić information content (AvgIpc) is 2.51. The van der Waals surface area contributed by atoms with Gasteiger partial charge in [-0.05, 0) is 42.3 Å². The fourth-order valence-electron chi connectivity index (χ4n) is 2.66. The maximum atomic E-state index is 13.0. The Labute approximate surface area is 138 Å². The third-order valence-corrected chi connectivity index (χ3v) is 5.66. The van der Waals surface area contributed by atoms with E-state index >= 15 is 0 Å². The van der Waals surface area contributed by atoms with Crippen molar-refractivity contribution in [2.24, 2.45) is 0 Å². The third kappa shape index (κ3) is 3.21. The number of alkyl halides is 1. The topological polar surface area (TPSA) is 15.3 Å². The van der Waals surface area contributed by atoms with Crippen LogP contribution >= 0.6 is 22.6 Å². The smallest absolute Gasteiger partial charge is 0.123 e. The van der Waals surface area contributed by atoms with Crippen LogP contribution in [0.2, 0.25) is 0 Å². The summed E-state index contributed by atoms with van der Waals surface area (Å²) in [5.74, 6) is -0.196. The molecule has 0 aliphatic carbocycles. The van der Waals surface area contributed by atoms with Gasteiger partial charge in [0.1, 0.15) is 5.82 Å². The summed E-state index contributed by atoms with van der Waals surface area (Å²) < 4.78 is 13.4. The van der Waals surface area contributed by atoms with Gasteiger partial charge in [0.2, 0.25) is 0 Å². The van der Waals surface area contributed by atoms with E-state index in [9.17, 15) is 4.39 Å². The third-order valence-electron chi connectivity index (χ3n) is 3.91. The molecule has 2 atom stereocenters. The van der Waals surface area contributed by atoms with E-state index in [2.05, 4.69) is 64.0 Å². The highest BCUT2D eigenvalue weighted by Gasteiger charge is 2.25. The molecule has 4 heteroatoms. The van der Waals surface area contributed by atoms with Crippen molar-refractivity contribution in [1.29, 1.82) is 0 Å². The largest absolute Gasteiger partial charge is 0.357 e. The normalized spacial score (nSPS) is 22.3. The zero-order valence-electron chi connectivity index (χ0n) is 11.9. The molecule has 1 aliphatic heterocycles. The first-order valence-corrected chi connectivity index (χ1v) is 8.40. The number of piperazine rings is 1. The Balaban J connectivity index is 1.82. The summed E-state index contributed by atoms with van der Waals surface area (Å²) in [6, 6.07) is 15.7. The van der Waals surface area contributed by atoms with Gasteiger partial charge in [0.15, 0.2) is 0 Å². The molecule has 2 aromatic carbocycles. The number of benzene rings is 2. The van der Waals surface area contributed by atoms with Gasteiger partial charge in [0, 0.05) is 24.8 Å². The summed E-state index contributed by atoms with van der Waals surface area (Å²) in [5, 5.41) is 3.49. The zero-order valence-corrected chi connectivity index (χ0v) is 14.0. The molecule has 110 valence electrons. The molecular weight excluding hydrogens is 378 g/mol. The van der Waals surface area contributed by atoms with Gasteiger partial charge in [-0.2, -0.15) is 0 Å². The van der Waals surface area contributed by atoms with E-state index in [0.717, 1.165) is 24.2 Å². The predicted octanol–water partition coefficient (Wildman–Crippen LogP) is 4.05. The number of halogens is 2. The van der Waals surface area contributed by atoms with Crippen LogP contribution in [0.25, 0.3) is 11.1 Å². The van der Waals surface area contributed by atoms with Crippen LogP contribution < -0.4 is 10.2 Å². The molecule has 0 aromatic heterocycles. The highest BCUT2D eigenvalue weighted by Crippen LogP contribution is 2.27. The Hall–Kier alpha value is -1.14. The van der Waals surface area contributed by atoms with Crippen molar-refractivity contribution in [3.8, 4) is 11.1 Å². The van der Waals surface area contributed by atoms with Crippen molar-refractivity contribution in [2.45, 2.75) is 17.0 Å². The first kappa shape index (κ1) is 14.8. The average molecular weight is 396 g/mol. The van der Waals surface area contributed by atoms with Crippen LogP contribution in [-0.4, -0.2) is 23.2 Å². The van der Waals surface area contributed by atoms with Crippen molar-refractivity contribution in [3.05, 3.63) is 54.3 Å². The lowest BCUT2D eigenvalue weighted by Crippen LogP contribution is -2.54. The van der Waals surface area contributed by atoms with Gasteiger partial charge in [0.05, 0.1) is 4.05 Å². The lowest BCUT2D eigenvalue weighted by molar-refractivity contribution is 0.472. The van der Waals surface area contributed by atoms with Crippen molar-refractivity contribution >= 4 is 28.3 Å². The molecule has 3 rings (SSSR count). The van der Waals surface area contributed by atoms with Crippen LogP contribution in [0.1, 0.15) is 6.92 Å². The molecule has 0 amide bonds. The number of nitrogens with one attached hydrogen (secondary N) is 1. The second-order valence-corrected chi connectivity index (χ2v) is 6.64. The van der Waals surface area contributed by atoms with E-state index in [1.54, 1.807) is 0 Å². The summed E-state index contributed by atoms with van der Waals surface area (Å²) in [4.78, 5) is 2.43. The van der Waals surface area contributed by atoms with E-state index in [0.29, 0.717) is 10.1 Å². The Morgan fingerprint density at radius 3 is 2.24 bits per heavy atom. The quantitative estimate of drug-likeness (QED) is 0.468. The molecule has 1 unspecified atom stereocenters. The zero-order chi connectivity index (χ0) is 14.8. The molecule has 0 bridgehead atoms. The van der Waals surface area contributed by atoms with Crippen molar-refractivity contribution in [2.75, 3.05) is 18.0 Å². The van der Waals surface area contributed by atoms with E-state index in [1.165, 1.54) is 17.8 Å². The highest BCUT2D eigenvalue weighted by molar-refractivity contribution is 14.1. The maximum absolute atomic E-state index is 13.0. The molecule has 1 saturated heterocycles. The van der Waals surface area contributed by atoms with Gasteiger partial charge in [-0.3, -0.25) is 0 Å². The number of hydrogen-bond acceptors (Lipinski definition) is 2. The molecule has 21 heavy (non-hydrogen) atoms. The van der Waals surface area contributed by atoms with Crippen molar-refractivity contribution in [3.63, 3.8) is 0 Å². The molecule has 2 aromatic rings. The molecule has 1 N–H and O–H groups in total. The first-order chi connectivity index (χ1) is 10.1. The Bertz CT molecular complexity index is 597. The molecule has 0 radical (unpaired) electrons. The van der Waals surface area contributed by atoms with E-state index in [-0.39, 0.29) is 5.82 Å². The van der Waals surface area contributed by atoms with Crippen molar-refractivity contribution < 1.29 is 4.39 Å². The second-order valence-electron chi connectivity index (χ2n) is 5.36. The van der Waals surface area contributed by atoms with Gasteiger partial charge >= 0.3 is 0 Å². The summed E-state index contributed by atoms with van der Waals surface area (Å²) in [6.45, 7) is 4.25. The van der Waals surface area contributed by atoms with E-state index < -0.39 is 0 Å². The molecule has 2 nitrogen and oxygen atoms in total. The standard InChI is InChI=1S/C17H18FIN2/c1-12-17(19)21(11-10-20-12)16-8-4-14(5-9-16)13-2-6-15(18)7-3-13/h2-9,12,17,20H,10-11H2,1H3/t12-,17?/m1/s1. The van der Waals surface area contributed by atoms with Crippen molar-refractivity contribution in [1.82, 2.24) is 5.32 Å². The van der Waals surface area contributed by atoms with Gasteiger partial charge < -0.3 is 10.2 Å². The minimum absolute atomic E-state index is 0.196. The van der Waals surface area contributed by atoms with E-state index in [4.69, 9.17) is 0 Å². The van der Waals surface area contributed by atoms with Crippen LogP contribution in [0.4, 0.5) is 10.1 Å². The number of rotatable bonds is 2. The van der Waals surface area contributed by atoms with E-state index in [1.807, 2.05) is 12.1 Å². The SMILES string of the molecule is C[C@H]1NCCN(c2ccc(-c3ccc(F)cc3)cc2)C1I. The number of nitrogens with zero attached hydrogens (tertiary/aromatic N) is 1. The first-order valence-electron chi connectivity index (χ1n) is 7.15. The van der Waals surface area contributed by atoms with Gasteiger partial charge in [0.25, 0.3) is 0 Å². The Morgan fingerprint density at radius 1 is 1.05 bits per heavy atom. The number of anilines is 1. The lowest BCUT2D eigenvalue weighted by Gasteiger charge is -2.39. The van der Waals surface area contributed by atoms with Gasteiger partial charge in [-0.1, -0.05) is 46.9 Å². The summed E-state index contributed by atoms with van der Waals surface area (Å²) >= 11 is 2.49. The van der Waals surface area contributed by atoms with Gasteiger partial charge in [-0.25, -0.2) is 4.39 Å². The predicted molar refractivity (Wildman–Crippen MR) is 94.5 cm³/mol. The molecule has 1 fully saturated rings. The van der Waals surface area contributed by atoms with Crippen LogP contribution in [0, 0.1) is 5.82 Å². The molecule has 1 aliphatic rings. The Kier molecular flexibility index (Phi) is 4.45. The highest BCUT2D eigenvalue weighted by atomic mass is 127. The summed E-state index contributed by atoms with van der Waals surface area (Å²) in [6.07, 6.45) is 0. The fraction of sp³-hybridized carbons (Fsp3) is 0.294. The molecule has 1 heterocycles. The Morgan fingerprint density at radius 2 is 1.62 bits per heavy atom. The minimum Gasteiger partial charge on any atom is -0.357 e. The molecule has 0 spiro atoms. The van der Waals surface area contributed by atoms with Gasteiger partial charge in [-0.15, -0.1) is 0 Å². The fourth-order valence-corrected chi connectivity index (χ4v) is 3.52. The molecule has 0 saturated carbocycles. The lowest BCUT2D eigenvalue weighted by atomic mass is 10.0. The molecular formula is C17H18FIN2. The second kappa shape index (κ2) is 6.32. The maximum Gasteiger partial charge on any atom is 0.123 e.